The zero-order valence-electron chi connectivity index (χ0n) is 13.6. The van der Waals surface area contributed by atoms with E-state index in [9.17, 15) is 4.79 Å². The molecule has 1 aliphatic heterocycles. The molecule has 0 fully saturated rings. The average molecular weight is 324 g/mol. The summed E-state index contributed by atoms with van der Waals surface area (Å²) in [6.07, 6.45) is 1.56. The van der Waals surface area contributed by atoms with Crippen molar-refractivity contribution in [3.05, 3.63) is 60.7 Å². The van der Waals surface area contributed by atoms with Crippen molar-refractivity contribution in [2.24, 2.45) is 0 Å². The van der Waals surface area contributed by atoms with Crippen LogP contribution in [-0.4, -0.2) is 25.7 Å². The molecule has 5 nitrogen and oxygen atoms in total. The fourth-order valence-corrected chi connectivity index (χ4v) is 2.85. The van der Waals surface area contributed by atoms with E-state index in [-0.39, 0.29) is 5.91 Å². The second-order valence-electron chi connectivity index (χ2n) is 5.59. The van der Waals surface area contributed by atoms with Crippen LogP contribution >= 0.6 is 0 Å². The predicted molar refractivity (Wildman–Crippen MR) is 94.5 cm³/mol. The summed E-state index contributed by atoms with van der Waals surface area (Å²) in [6, 6.07) is 13.0. The smallest absolute Gasteiger partial charge is 0.268 e. The van der Waals surface area contributed by atoms with Crippen LogP contribution in [0.15, 0.2) is 55.1 Å². The highest BCUT2D eigenvalue weighted by atomic mass is 16.5. The van der Waals surface area contributed by atoms with Crippen LogP contribution in [0.5, 0.6) is 11.5 Å². The summed E-state index contributed by atoms with van der Waals surface area (Å²) in [6.45, 7) is 4.18. The molecular weight excluding hydrogens is 304 g/mol. The number of carbonyl (C=O) groups excluding carboxylic acids is 1. The Morgan fingerprint density at radius 3 is 2.83 bits per heavy atom. The number of ether oxygens (including phenoxy) is 2. The lowest BCUT2D eigenvalue weighted by Crippen LogP contribution is -2.47. The lowest BCUT2D eigenvalue weighted by Gasteiger charge is -2.33. The van der Waals surface area contributed by atoms with Crippen LogP contribution in [0.2, 0.25) is 0 Å². The molecule has 2 aromatic rings. The summed E-state index contributed by atoms with van der Waals surface area (Å²) in [5, 5.41) is 0. The number of carbonyl (C=O) groups is 1. The first kappa shape index (κ1) is 15.9. The van der Waals surface area contributed by atoms with Crippen molar-refractivity contribution < 1.29 is 14.3 Å². The maximum atomic E-state index is 12.8. The number of hydrogen-bond acceptors (Lipinski definition) is 4. The maximum absolute atomic E-state index is 12.8. The van der Waals surface area contributed by atoms with Gasteiger partial charge in [0.2, 0.25) is 0 Å². The number of nitrogen functional groups attached to an aromatic ring is 1. The number of anilines is 2. The Kier molecular flexibility index (Phi) is 4.42. The third-order valence-corrected chi connectivity index (χ3v) is 3.99. The summed E-state index contributed by atoms with van der Waals surface area (Å²) in [5.41, 5.74) is 8.18. The van der Waals surface area contributed by atoms with Crippen LogP contribution in [0.3, 0.4) is 0 Å². The van der Waals surface area contributed by atoms with Gasteiger partial charge in [-0.3, -0.25) is 4.79 Å². The van der Waals surface area contributed by atoms with Gasteiger partial charge in [-0.05, 0) is 29.8 Å². The van der Waals surface area contributed by atoms with Crippen molar-refractivity contribution in [2.45, 2.75) is 12.5 Å². The second kappa shape index (κ2) is 6.66. The molecule has 3 rings (SSSR count). The van der Waals surface area contributed by atoms with Crippen LogP contribution in [0, 0.1) is 0 Å². The average Bonchev–Trinajstić information content (AvgIpc) is 2.59. The van der Waals surface area contributed by atoms with Gasteiger partial charge in [-0.2, -0.15) is 0 Å². The molecule has 1 heterocycles. The minimum absolute atomic E-state index is 0.0806. The number of hydrogen-bond donors (Lipinski definition) is 1. The predicted octanol–water partition coefficient (Wildman–Crippen LogP) is 2.80. The molecule has 2 aromatic carbocycles. The molecule has 124 valence electrons. The van der Waals surface area contributed by atoms with Gasteiger partial charge in [0.15, 0.2) is 6.10 Å². The number of benzene rings is 2. The monoisotopic (exact) mass is 324 g/mol. The van der Waals surface area contributed by atoms with E-state index in [4.69, 9.17) is 15.2 Å². The normalized spacial score (nSPS) is 16.3. The minimum Gasteiger partial charge on any atom is -0.495 e. The first-order valence-corrected chi connectivity index (χ1v) is 7.74. The number of nitrogens with two attached hydrogens (primary N) is 1. The van der Waals surface area contributed by atoms with E-state index >= 15 is 0 Å². The lowest BCUT2D eigenvalue weighted by molar-refractivity contribution is -0.126. The number of para-hydroxylation sites is 2. The van der Waals surface area contributed by atoms with Gasteiger partial charge in [-0.1, -0.05) is 24.3 Å². The highest BCUT2D eigenvalue weighted by molar-refractivity contribution is 6.00. The van der Waals surface area contributed by atoms with Crippen LogP contribution in [0.25, 0.3) is 0 Å². The zero-order valence-corrected chi connectivity index (χ0v) is 13.6. The van der Waals surface area contributed by atoms with Gasteiger partial charge in [0, 0.05) is 13.0 Å². The van der Waals surface area contributed by atoms with Crippen LogP contribution in [0.1, 0.15) is 5.56 Å². The van der Waals surface area contributed by atoms with Gasteiger partial charge in [-0.25, -0.2) is 0 Å². The molecule has 5 heteroatoms. The molecule has 0 spiro atoms. The zero-order chi connectivity index (χ0) is 17.1. The van der Waals surface area contributed by atoms with Crippen LogP contribution < -0.4 is 20.1 Å². The van der Waals surface area contributed by atoms with Gasteiger partial charge in [0.1, 0.15) is 11.5 Å². The number of fused-ring (bicyclic) bond motifs is 1. The fraction of sp³-hybridized carbons (Fsp3) is 0.211. The summed E-state index contributed by atoms with van der Waals surface area (Å²) in [5.74, 6) is 1.24. The molecule has 0 saturated carbocycles. The molecule has 0 radical (unpaired) electrons. The van der Waals surface area contributed by atoms with E-state index in [2.05, 4.69) is 6.58 Å². The summed E-state index contributed by atoms with van der Waals surface area (Å²) < 4.78 is 11.1. The third-order valence-electron chi connectivity index (χ3n) is 3.99. The SMILES string of the molecule is C=CCN1C(=O)C(Cc2ccc(OC)c(N)c2)Oc2ccccc21. The number of nitrogens with zero attached hydrogens (tertiary/aromatic N) is 1. The van der Waals surface area contributed by atoms with Gasteiger partial charge in [-0.15, -0.1) is 6.58 Å². The van der Waals surface area contributed by atoms with E-state index in [1.807, 2.05) is 36.4 Å². The Balaban J connectivity index is 1.87. The van der Waals surface area contributed by atoms with Gasteiger partial charge < -0.3 is 20.1 Å². The quantitative estimate of drug-likeness (QED) is 0.678. The van der Waals surface area contributed by atoms with Crippen molar-refractivity contribution in [2.75, 3.05) is 24.3 Å². The van der Waals surface area contributed by atoms with E-state index in [0.29, 0.717) is 30.2 Å². The minimum atomic E-state index is -0.590. The Morgan fingerprint density at radius 1 is 1.33 bits per heavy atom. The molecular formula is C19H20N2O3. The fourth-order valence-electron chi connectivity index (χ4n) is 2.85. The largest absolute Gasteiger partial charge is 0.495 e. The van der Waals surface area contributed by atoms with Crippen LogP contribution in [0.4, 0.5) is 11.4 Å². The molecule has 1 amide bonds. The Bertz CT molecular complexity index is 773. The Morgan fingerprint density at radius 2 is 2.12 bits per heavy atom. The van der Waals surface area contributed by atoms with Crippen molar-refractivity contribution in [3.63, 3.8) is 0 Å². The maximum Gasteiger partial charge on any atom is 0.268 e. The number of methoxy groups -OCH3 is 1. The van der Waals surface area contributed by atoms with E-state index in [1.54, 1.807) is 24.2 Å². The lowest BCUT2D eigenvalue weighted by atomic mass is 10.0. The highest BCUT2D eigenvalue weighted by Gasteiger charge is 2.33. The van der Waals surface area contributed by atoms with E-state index in [1.165, 1.54) is 0 Å². The second-order valence-corrected chi connectivity index (χ2v) is 5.59. The van der Waals surface area contributed by atoms with Gasteiger partial charge in [0.05, 0.1) is 18.5 Å². The van der Waals surface area contributed by atoms with E-state index < -0.39 is 6.10 Å². The van der Waals surface area contributed by atoms with Crippen molar-refractivity contribution in [3.8, 4) is 11.5 Å². The molecule has 24 heavy (non-hydrogen) atoms. The standard InChI is InChI=1S/C19H20N2O3/c1-3-10-21-15-6-4-5-7-17(15)24-18(19(21)22)12-13-8-9-16(23-2)14(20)11-13/h3-9,11,18H,1,10,12,20H2,2H3. The molecule has 1 aliphatic rings. The number of rotatable bonds is 5. The van der Waals surface area contributed by atoms with Crippen molar-refractivity contribution in [1.29, 1.82) is 0 Å². The molecule has 2 N–H and O–H groups in total. The van der Waals surface area contributed by atoms with Gasteiger partial charge >= 0.3 is 0 Å². The first-order valence-electron chi connectivity index (χ1n) is 7.74. The topological polar surface area (TPSA) is 64.8 Å². The summed E-state index contributed by atoms with van der Waals surface area (Å²) in [7, 11) is 1.57. The summed E-state index contributed by atoms with van der Waals surface area (Å²) >= 11 is 0. The van der Waals surface area contributed by atoms with Gasteiger partial charge in [0.25, 0.3) is 5.91 Å². The van der Waals surface area contributed by atoms with Crippen LogP contribution in [-0.2, 0) is 11.2 Å². The molecule has 1 unspecified atom stereocenters. The summed E-state index contributed by atoms with van der Waals surface area (Å²) in [4.78, 5) is 14.5. The molecule has 0 aliphatic carbocycles. The highest BCUT2D eigenvalue weighted by Crippen LogP contribution is 2.34. The molecule has 1 atom stereocenters. The Hall–Kier alpha value is -2.95. The Labute approximate surface area is 141 Å². The molecule has 0 saturated heterocycles. The van der Waals surface area contributed by atoms with Crippen molar-refractivity contribution in [1.82, 2.24) is 0 Å². The number of amides is 1. The third kappa shape index (κ3) is 2.93. The first-order chi connectivity index (χ1) is 11.6. The molecule has 0 aromatic heterocycles. The van der Waals surface area contributed by atoms with E-state index in [0.717, 1.165) is 11.3 Å². The van der Waals surface area contributed by atoms with Crippen molar-refractivity contribution >= 4 is 17.3 Å². The molecule has 0 bridgehead atoms.